The molecule has 0 saturated carbocycles. The predicted octanol–water partition coefficient (Wildman–Crippen LogP) is 3.30. The smallest absolute Gasteiger partial charge is 0.164 e. The Morgan fingerprint density at radius 1 is 1.44 bits per heavy atom. The van der Waals surface area contributed by atoms with Gasteiger partial charge in [0.15, 0.2) is 5.78 Å². The standard InChI is InChI=1S/C16H23NO/c1-3-14-7-9-17(12-14)10-8-16(18)15-6-4-5-13(2)11-15/h4-6,11,14H,3,7-10,12H2,1-2H3. The van der Waals surface area contributed by atoms with E-state index in [1.807, 2.05) is 31.2 Å². The molecule has 98 valence electrons. The summed E-state index contributed by atoms with van der Waals surface area (Å²) in [7, 11) is 0. The molecule has 1 aliphatic heterocycles. The van der Waals surface area contributed by atoms with Gasteiger partial charge in [0.25, 0.3) is 0 Å². The molecule has 2 heteroatoms. The van der Waals surface area contributed by atoms with Crippen LogP contribution in [-0.4, -0.2) is 30.3 Å². The maximum absolute atomic E-state index is 12.1. The number of Topliss-reactive ketones (excluding diaryl/α,β-unsaturated/α-hetero) is 1. The Morgan fingerprint density at radius 3 is 2.94 bits per heavy atom. The van der Waals surface area contributed by atoms with Crippen molar-refractivity contribution in [1.82, 2.24) is 4.90 Å². The second-order valence-electron chi connectivity index (χ2n) is 5.41. The van der Waals surface area contributed by atoms with Crippen LogP contribution in [-0.2, 0) is 0 Å². The lowest BCUT2D eigenvalue weighted by atomic mass is 10.1. The number of carbonyl (C=O) groups excluding carboxylic acids is 1. The minimum Gasteiger partial charge on any atom is -0.303 e. The average Bonchev–Trinajstić information content (AvgIpc) is 2.84. The molecule has 18 heavy (non-hydrogen) atoms. The number of nitrogens with zero attached hydrogens (tertiary/aromatic N) is 1. The van der Waals surface area contributed by atoms with Gasteiger partial charge >= 0.3 is 0 Å². The van der Waals surface area contributed by atoms with Crippen LogP contribution in [0, 0.1) is 12.8 Å². The van der Waals surface area contributed by atoms with Crippen LogP contribution in [0.4, 0.5) is 0 Å². The average molecular weight is 245 g/mol. The van der Waals surface area contributed by atoms with Crippen LogP contribution in [0.25, 0.3) is 0 Å². The van der Waals surface area contributed by atoms with E-state index in [2.05, 4.69) is 11.8 Å². The fourth-order valence-corrected chi connectivity index (χ4v) is 2.67. The zero-order valence-corrected chi connectivity index (χ0v) is 11.5. The fraction of sp³-hybridized carbons (Fsp3) is 0.562. The van der Waals surface area contributed by atoms with E-state index in [1.165, 1.54) is 25.9 Å². The minimum absolute atomic E-state index is 0.277. The molecular formula is C16H23NO. The molecule has 0 radical (unpaired) electrons. The summed E-state index contributed by atoms with van der Waals surface area (Å²) < 4.78 is 0. The minimum atomic E-state index is 0.277. The lowest BCUT2D eigenvalue weighted by Crippen LogP contribution is -2.23. The molecule has 1 heterocycles. The van der Waals surface area contributed by atoms with Crippen LogP contribution in [0.3, 0.4) is 0 Å². The first-order valence-electron chi connectivity index (χ1n) is 7.01. The Bertz CT molecular complexity index is 413. The van der Waals surface area contributed by atoms with Crippen LogP contribution in [0.5, 0.6) is 0 Å². The Balaban J connectivity index is 1.82. The largest absolute Gasteiger partial charge is 0.303 e. The molecule has 0 aromatic heterocycles. The highest BCUT2D eigenvalue weighted by molar-refractivity contribution is 5.96. The van der Waals surface area contributed by atoms with Gasteiger partial charge in [-0.05, 0) is 31.9 Å². The molecule has 1 aromatic rings. The molecule has 1 saturated heterocycles. The summed E-state index contributed by atoms with van der Waals surface area (Å²) in [5.74, 6) is 1.12. The van der Waals surface area contributed by atoms with Crippen molar-refractivity contribution in [1.29, 1.82) is 0 Å². The van der Waals surface area contributed by atoms with Crippen molar-refractivity contribution in [2.45, 2.75) is 33.1 Å². The number of benzene rings is 1. The van der Waals surface area contributed by atoms with Crippen molar-refractivity contribution in [3.8, 4) is 0 Å². The monoisotopic (exact) mass is 245 g/mol. The number of ketones is 1. The molecule has 1 fully saturated rings. The SMILES string of the molecule is CCC1CCN(CCC(=O)c2cccc(C)c2)C1. The van der Waals surface area contributed by atoms with E-state index in [0.717, 1.165) is 23.6 Å². The number of carbonyl (C=O) groups is 1. The second kappa shape index (κ2) is 6.14. The molecule has 1 aliphatic rings. The molecule has 0 spiro atoms. The number of likely N-dealkylation sites (tertiary alicyclic amines) is 1. The van der Waals surface area contributed by atoms with E-state index in [1.54, 1.807) is 0 Å². The quantitative estimate of drug-likeness (QED) is 0.742. The van der Waals surface area contributed by atoms with Crippen LogP contribution < -0.4 is 0 Å². The first kappa shape index (κ1) is 13.3. The number of hydrogen-bond acceptors (Lipinski definition) is 2. The van der Waals surface area contributed by atoms with Crippen molar-refractivity contribution in [3.63, 3.8) is 0 Å². The van der Waals surface area contributed by atoms with E-state index >= 15 is 0 Å². The molecule has 2 nitrogen and oxygen atoms in total. The third-order valence-corrected chi connectivity index (χ3v) is 3.94. The van der Waals surface area contributed by atoms with Crippen molar-refractivity contribution in [2.75, 3.05) is 19.6 Å². The molecule has 1 aromatic carbocycles. The topological polar surface area (TPSA) is 20.3 Å². The lowest BCUT2D eigenvalue weighted by molar-refractivity contribution is 0.0968. The fourth-order valence-electron chi connectivity index (χ4n) is 2.67. The van der Waals surface area contributed by atoms with Gasteiger partial charge in [0.2, 0.25) is 0 Å². The third kappa shape index (κ3) is 3.42. The molecule has 2 rings (SSSR count). The molecule has 0 N–H and O–H groups in total. The summed E-state index contributed by atoms with van der Waals surface area (Å²) in [6, 6.07) is 7.91. The normalized spacial score (nSPS) is 20.2. The van der Waals surface area contributed by atoms with Gasteiger partial charge in [0.1, 0.15) is 0 Å². The number of rotatable bonds is 5. The van der Waals surface area contributed by atoms with Crippen LogP contribution in [0.15, 0.2) is 24.3 Å². The van der Waals surface area contributed by atoms with E-state index in [-0.39, 0.29) is 5.78 Å². The number of aryl methyl sites for hydroxylation is 1. The summed E-state index contributed by atoms with van der Waals surface area (Å²) in [6.07, 6.45) is 3.22. The molecular weight excluding hydrogens is 222 g/mol. The van der Waals surface area contributed by atoms with Gasteiger partial charge < -0.3 is 4.90 Å². The predicted molar refractivity (Wildman–Crippen MR) is 75.0 cm³/mol. The van der Waals surface area contributed by atoms with E-state index in [9.17, 15) is 4.79 Å². The first-order valence-corrected chi connectivity index (χ1v) is 7.01. The van der Waals surface area contributed by atoms with Crippen molar-refractivity contribution >= 4 is 5.78 Å². The van der Waals surface area contributed by atoms with Crippen molar-refractivity contribution in [3.05, 3.63) is 35.4 Å². The van der Waals surface area contributed by atoms with Crippen molar-refractivity contribution in [2.24, 2.45) is 5.92 Å². The Morgan fingerprint density at radius 2 is 2.28 bits per heavy atom. The summed E-state index contributed by atoms with van der Waals surface area (Å²) in [5.41, 5.74) is 2.02. The maximum Gasteiger partial charge on any atom is 0.164 e. The van der Waals surface area contributed by atoms with Crippen LogP contribution in [0.1, 0.15) is 42.1 Å². The first-order chi connectivity index (χ1) is 8.69. The molecule has 0 bridgehead atoms. The Kier molecular flexibility index (Phi) is 4.54. The summed E-state index contributed by atoms with van der Waals surface area (Å²) >= 11 is 0. The van der Waals surface area contributed by atoms with Gasteiger partial charge in [-0.1, -0.05) is 37.1 Å². The van der Waals surface area contributed by atoms with Gasteiger partial charge in [0.05, 0.1) is 0 Å². The molecule has 0 aliphatic carbocycles. The summed E-state index contributed by atoms with van der Waals surface area (Å²) in [6.45, 7) is 7.55. The maximum atomic E-state index is 12.1. The van der Waals surface area contributed by atoms with E-state index < -0.39 is 0 Å². The second-order valence-corrected chi connectivity index (χ2v) is 5.41. The highest BCUT2D eigenvalue weighted by Crippen LogP contribution is 2.19. The zero-order chi connectivity index (χ0) is 13.0. The lowest BCUT2D eigenvalue weighted by Gasteiger charge is -2.14. The van der Waals surface area contributed by atoms with Gasteiger partial charge in [-0.25, -0.2) is 0 Å². The molecule has 1 unspecified atom stereocenters. The highest BCUT2D eigenvalue weighted by Gasteiger charge is 2.21. The summed E-state index contributed by atoms with van der Waals surface area (Å²) in [5, 5.41) is 0. The van der Waals surface area contributed by atoms with Gasteiger partial charge in [-0.15, -0.1) is 0 Å². The Labute approximate surface area is 110 Å². The van der Waals surface area contributed by atoms with Crippen LogP contribution in [0.2, 0.25) is 0 Å². The highest BCUT2D eigenvalue weighted by atomic mass is 16.1. The third-order valence-electron chi connectivity index (χ3n) is 3.94. The van der Waals surface area contributed by atoms with Gasteiger partial charge in [0, 0.05) is 25.1 Å². The zero-order valence-electron chi connectivity index (χ0n) is 11.5. The molecule has 0 amide bonds. The van der Waals surface area contributed by atoms with Gasteiger partial charge in [-0.2, -0.15) is 0 Å². The van der Waals surface area contributed by atoms with E-state index in [0.29, 0.717) is 6.42 Å². The Hall–Kier alpha value is -1.15. The molecule has 1 atom stereocenters. The summed E-state index contributed by atoms with van der Waals surface area (Å²) in [4.78, 5) is 14.5. The van der Waals surface area contributed by atoms with Gasteiger partial charge in [-0.3, -0.25) is 4.79 Å². The number of hydrogen-bond donors (Lipinski definition) is 0. The van der Waals surface area contributed by atoms with Crippen LogP contribution >= 0.6 is 0 Å². The van der Waals surface area contributed by atoms with Crippen molar-refractivity contribution < 1.29 is 4.79 Å². The van der Waals surface area contributed by atoms with E-state index in [4.69, 9.17) is 0 Å².